The van der Waals surface area contributed by atoms with Gasteiger partial charge in [0.2, 0.25) is 3.79 Å². The Bertz CT molecular complexity index is 215. The maximum absolute atomic E-state index is 11.1. The van der Waals surface area contributed by atoms with E-state index in [4.69, 9.17) is 39.5 Å². The van der Waals surface area contributed by atoms with Crippen molar-refractivity contribution in [3.63, 3.8) is 0 Å². The first kappa shape index (κ1) is 15.8. The smallest absolute Gasteiger partial charge is 0.305 e. The van der Waals surface area contributed by atoms with Crippen LogP contribution >= 0.6 is 34.8 Å². The van der Waals surface area contributed by atoms with Crippen LogP contribution in [-0.4, -0.2) is 29.4 Å². The van der Waals surface area contributed by atoms with Gasteiger partial charge in [0, 0.05) is 6.42 Å². The molecule has 0 heterocycles. The Kier molecular flexibility index (Phi) is 8.80. The monoisotopic (exact) mass is 290 g/mol. The Balaban J connectivity index is 3.34. The van der Waals surface area contributed by atoms with E-state index in [2.05, 4.69) is 4.74 Å². The van der Waals surface area contributed by atoms with Crippen molar-refractivity contribution >= 4 is 47.2 Å². The zero-order valence-corrected chi connectivity index (χ0v) is 10.9. The Morgan fingerprint density at radius 2 is 1.88 bits per heavy atom. The third-order valence-electron chi connectivity index (χ3n) is 1.61. The van der Waals surface area contributed by atoms with E-state index in [-0.39, 0.29) is 13.0 Å². The molecule has 4 nitrogen and oxygen atoms in total. The molecule has 0 aliphatic rings. The number of hydrogen-bond acceptors (Lipinski definition) is 4. The van der Waals surface area contributed by atoms with E-state index < -0.39 is 9.76 Å². The summed E-state index contributed by atoms with van der Waals surface area (Å²) >= 11 is 16.2. The van der Waals surface area contributed by atoms with Gasteiger partial charge in [-0.25, -0.2) is 0 Å². The van der Waals surface area contributed by atoms with Gasteiger partial charge in [0.25, 0.3) is 6.47 Å². The van der Waals surface area contributed by atoms with Gasteiger partial charge in [0.1, 0.15) is 6.61 Å². The molecule has 16 heavy (non-hydrogen) atoms. The van der Waals surface area contributed by atoms with E-state index in [9.17, 15) is 9.59 Å². The molecule has 0 amide bonds. The number of unbranched alkanes of at least 4 members (excludes halogenated alkanes) is 2. The maximum Gasteiger partial charge on any atom is 0.305 e. The fourth-order valence-corrected chi connectivity index (χ4v) is 1.08. The minimum absolute atomic E-state index is 0.245. The van der Waals surface area contributed by atoms with E-state index in [0.717, 1.165) is 12.8 Å². The van der Waals surface area contributed by atoms with E-state index >= 15 is 0 Å². The molecule has 0 fully saturated rings. The van der Waals surface area contributed by atoms with Crippen LogP contribution in [0.2, 0.25) is 0 Å². The fourth-order valence-electron chi connectivity index (χ4n) is 0.914. The lowest BCUT2D eigenvalue weighted by Crippen LogP contribution is -2.17. The molecule has 0 aromatic rings. The van der Waals surface area contributed by atoms with Crippen molar-refractivity contribution in [3.05, 3.63) is 0 Å². The van der Waals surface area contributed by atoms with Crippen LogP contribution in [0.5, 0.6) is 0 Å². The van der Waals surface area contributed by atoms with Gasteiger partial charge in [-0.2, -0.15) is 0 Å². The van der Waals surface area contributed by atoms with Crippen LogP contribution < -0.4 is 0 Å². The van der Waals surface area contributed by atoms with Gasteiger partial charge in [-0.1, -0.05) is 34.8 Å². The summed E-state index contributed by atoms with van der Waals surface area (Å²) in [4.78, 5) is 20.9. The minimum Gasteiger partial charge on any atom is -0.468 e. The second kappa shape index (κ2) is 8.90. The van der Waals surface area contributed by atoms with Gasteiger partial charge in [-0.3, -0.25) is 9.59 Å². The summed E-state index contributed by atoms with van der Waals surface area (Å²) in [6.07, 6.45) is 2.41. The minimum atomic E-state index is -1.56. The summed E-state index contributed by atoms with van der Waals surface area (Å²) in [6.45, 7) is 0.521. The number of hydrogen-bond donors (Lipinski definition) is 0. The Hall–Kier alpha value is -0.190. The zero-order valence-electron chi connectivity index (χ0n) is 8.59. The highest BCUT2D eigenvalue weighted by Gasteiger charge is 2.21. The molecule has 0 aromatic heterocycles. The van der Waals surface area contributed by atoms with Crippen molar-refractivity contribution in [1.82, 2.24) is 0 Å². The standard InChI is InChI=1S/C9H13Cl3O4/c10-9(11,12)6-16-8(14)4-2-1-3-5-15-7-13/h7H,1-6H2. The van der Waals surface area contributed by atoms with E-state index in [1.54, 1.807) is 0 Å². The van der Waals surface area contributed by atoms with E-state index in [1.807, 2.05) is 0 Å². The van der Waals surface area contributed by atoms with Crippen LogP contribution in [0.25, 0.3) is 0 Å². The molecule has 0 N–H and O–H groups in total. The van der Waals surface area contributed by atoms with E-state index in [0.29, 0.717) is 19.5 Å². The molecular formula is C9H13Cl3O4. The van der Waals surface area contributed by atoms with Crippen molar-refractivity contribution in [2.24, 2.45) is 0 Å². The molecule has 0 saturated heterocycles. The Morgan fingerprint density at radius 3 is 2.44 bits per heavy atom. The predicted molar refractivity (Wildman–Crippen MR) is 61.7 cm³/mol. The van der Waals surface area contributed by atoms with Gasteiger partial charge < -0.3 is 9.47 Å². The van der Waals surface area contributed by atoms with Gasteiger partial charge >= 0.3 is 5.97 Å². The number of carbonyl (C=O) groups excluding carboxylic acids is 2. The summed E-state index contributed by atoms with van der Waals surface area (Å²) in [7, 11) is 0. The van der Waals surface area contributed by atoms with Crippen molar-refractivity contribution in [3.8, 4) is 0 Å². The number of halogens is 3. The third kappa shape index (κ3) is 11.9. The van der Waals surface area contributed by atoms with Crippen LogP contribution in [0.3, 0.4) is 0 Å². The average molecular weight is 292 g/mol. The van der Waals surface area contributed by atoms with E-state index in [1.165, 1.54) is 0 Å². The summed E-state index contributed by atoms with van der Waals surface area (Å²) < 4.78 is 7.63. The molecule has 0 rings (SSSR count). The summed E-state index contributed by atoms with van der Waals surface area (Å²) in [5.41, 5.74) is 0. The topological polar surface area (TPSA) is 52.6 Å². The van der Waals surface area contributed by atoms with Gasteiger partial charge in [-0.05, 0) is 19.3 Å². The molecule has 0 radical (unpaired) electrons. The largest absolute Gasteiger partial charge is 0.468 e. The summed E-state index contributed by atoms with van der Waals surface area (Å²) in [5, 5.41) is 0. The highest BCUT2D eigenvalue weighted by Crippen LogP contribution is 2.26. The lowest BCUT2D eigenvalue weighted by Gasteiger charge is -2.10. The number of alkyl halides is 3. The molecule has 0 atom stereocenters. The lowest BCUT2D eigenvalue weighted by atomic mass is 10.2. The molecule has 0 aliphatic heterocycles. The normalized spacial score (nSPS) is 10.9. The number of esters is 1. The number of carbonyl (C=O) groups is 2. The molecule has 0 spiro atoms. The van der Waals surface area contributed by atoms with Crippen LogP contribution in [-0.2, 0) is 19.1 Å². The SMILES string of the molecule is O=COCCCCCC(=O)OCC(Cl)(Cl)Cl. The van der Waals surface area contributed by atoms with Gasteiger partial charge in [0.15, 0.2) is 0 Å². The highest BCUT2D eigenvalue weighted by atomic mass is 35.6. The Labute approximate surface area is 109 Å². The zero-order chi connectivity index (χ0) is 12.4. The second-order valence-corrected chi connectivity index (χ2v) is 5.57. The van der Waals surface area contributed by atoms with Crippen molar-refractivity contribution in [2.45, 2.75) is 29.5 Å². The second-order valence-electron chi connectivity index (χ2n) is 3.05. The first-order chi connectivity index (χ1) is 7.45. The predicted octanol–water partition coefficient (Wildman–Crippen LogP) is 2.63. The summed E-state index contributed by atoms with van der Waals surface area (Å²) in [6, 6.07) is 0. The Morgan fingerprint density at radius 1 is 1.19 bits per heavy atom. The van der Waals surface area contributed by atoms with Crippen molar-refractivity contribution in [2.75, 3.05) is 13.2 Å². The number of rotatable bonds is 8. The van der Waals surface area contributed by atoms with Crippen LogP contribution in [0.4, 0.5) is 0 Å². The number of ether oxygens (including phenoxy) is 2. The van der Waals surface area contributed by atoms with Crippen LogP contribution in [0.1, 0.15) is 25.7 Å². The highest BCUT2D eigenvalue weighted by molar-refractivity contribution is 6.67. The average Bonchev–Trinajstić information content (AvgIpc) is 2.19. The molecule has 0 saturated carbocycles. The molecule has 0 aromatic carbocycles. The quantitative estimate of drug-likeness (QED) is 0.298. The third-order valence-corrected chi connectivity index (χ3v) is 1.94. The first-order valence-corrected chi connectivity index (χ1v) is 5.86. The van der Waals surface area contributed by atoms with Gasteiger partial charge in [-0.15, -0.1) is 0 Å². The molecule has 7 heteroatoms. The molecule has 0 bridgehead atoms. The van der Waals surface area contributed by atoms with Crippen LogP contribution in [0, 0.1) is 0 Å². The first-order valence-electron chi connectivity index (χ1n) is 4.73. The van der Waals surface area contributed by atoms with Gasteiger partial charge in [0.05, 0.1) is 6.61 Å². The lowest BCUT2D eigenvalue weighted by molar-refractivity contribution is -0.143. The molecular weight excluding hydrogens is 278 g/mol. The molecule has 0 unspecified atom stereocenters. The molecule has 94 valence electrons. The summed E-state index contributed by atoms with van der Waals surface area (Å²) in [5.74, 6) is -0.400. The maximum atomic E-state index is 11.1. The van der Waals surface area contributed by atoms with Crippen molar-refractivity contribution < 1.29 is 19.1 Å². The fraction of sp³-hybridized carbons (Fsp3) is 0.778. The van der Waals surface area contributed by atoms with Crippen LogP contribution in [0.15, 0.2) is 0 Å². The van der Waals surface area contributed by atoms with Crippen molar-refractivity contribution in [1.29, 1.82) is 0 Å². The molecule has 0 aliphatic carbocycles.